The Kier molecular flexibility index (Phi) is 4.35. The zero-order valence-corrected chi connectivity index (χ0v) is 16.4. The summed E-state index contributed by atoms with van der Waals surface area (Å²) in [5.74, 6) is 1.30. The number of thiophene rings is 1. The van der Waals surface area contributed by atoms with Gasteiger partial charge in [0.25, 0.3) is 10.0 Å². The monoisotopic (exact) mass is 403 g/mol. The van der Waals surface area contributed by atoms with Crippen molar-refractivity contribution in [2.24, 2.45) is 0 Å². The van der Waals surface area contributed by atoms with Crippen LogP contribution in [0.15, 0.2) is 39.8 Å². The van der Waals surface area contributed by atoms with Crippen LogP contribution in [0.25, 0.3) is 10.7 Å². The van der Waals surface area contributed by atoms with Crippen molar-refractivity contribution >= 4 is 32.8 Å². The molecule has 1 fully saturated rings. The Hall–Kier alpha value is -2.52. The van der Waals surface area contributed by atoms with E-state index in [-0.39, 0.29) is 10.7 Å². The summed E-state index contributed by atoms with van der Waals surface area (Å²) in [5.41, 5.74) is 0.915. The first-order chi connectivity index (χ1) is 12.8. The van der Waals surface area contributed by atoms with Gasteiger partial charge in [0.15, 0.2) is 5.78 Å². The molecule has 1 saturated carbocycles. The summed E-state index contributed by atoms with van der Waals surface area (Å²) in [6, 6.07) is 7.87. The number of Topliss-reactive ketones (excluding diaryl/α,β-unsaturated/α-hetero) is 1. The third kappa shape index (κ3) is 3.65. The number of benzene rings is 1. The predicted octanol–water partition coefficient (Wildman–Crippen LogP) is 3.99. The Balaban J connectivity index is 1.59. The van der Waals surface area contributed by atoms with Crippen LogP contribution in [-0.2, 0) is 10.0 Å². The average molecular weight is 403 g/mol. The number of aryl methyl sites for hydroxylation is 1. The summed E-state index contributed by atoms with van der Waals surface area (Å²) < 4.78 is 33.3. The van der Waals surface area contributed by atoms with E-state index in [0.29, 0.717) is 38.6 Å². The summed E-state index contributed by atoms with van der Waals surface area (Å²) in [6.45, 7) is 3.20. The van der Waals surface area contributed by atoms with Gasteiger partial charge in [-0.3, -0.25) is 9.52 Å². The van der Waals surface area contributed by atoms with Gasteiger partial charge in [-0.2, -0.15) is 4.98 Å². The Bertz CT molecular complexity index is 1110. The van der Waals surface area contributed by atoms with Crippen LogP contribution in [0, 0.1) is 6.92 Å². The second-order valence-electron chi connectivity index (χ2n) is 6.50. The lowest BCUT2D eigenvalue weighted by atomic mass is 10.1. The van der Waals surface area contributed by atoms with Gasteiger partial charge < -0.3 is 4.52 Å². The number of hydrogen-bond donors (Lipinski definition) is 1. The number of hydrogen-bond acceptors (Lipinski definition) is 7. The Labute approximate surface area is 160 Å². The molecule has 1 aliphatic carbocycles. The third-order valence-corrected chi connectivity index (χ3v) is 6.98. The van der Waals surface area contributed by atoms with Crippen molar-refractivity contribution in [2.45, 2.75) is 37.5 Å². The van der Waals surface area contributed by atoms with Crippen molar-refractivity contribution in [3.8, 4) is 10.7 Å². The molecule has 2 heterocycles. The molecule has 7 nitrogen and oxygen atoms in total. The number of carbonyl (C=O) groups excluding carboxylic acids is 1. The summed E-state index contributed by atoms with van der Waals surface area (Å²) in [5, 5.41) is 3.97. The molecular weight excluding hydrogens is 386 g/mol. The van der Waals surface area contributed by atoms with Gasteiger partial charge in [0.1, 0.15) is 4.90 Å². The SMILES string of the molecule is CC(=O)c1ccc(NS(=O)(=O)c2cc(-c3noc(C4CC4)n3)sc2C)cc1. The smallest absolute Gasteiger partial charge is 0.263 e. The molecule has 1 aliphatic rings. The molecule has 1 N–H and O–H groups in total. The van der Waals surface area contributed by atoms with Crippen LogP contribution in [-0.4, -0.2) is 24.3 Å². The predicted molar refractivity (Wildman–Crippen MR) is 102 cm³/mol. The first-order valence-corrected chi connectivity index (χ1v) is 10.7. The van der Waals surface area contributed by atoms with Crippen LogP contribution in [0.5, 0.6) is 0 Å². The van der Waals surface area contributed by atoms with Crippen molar-refractivity contribution < 1.29 is 17.7 Å². The van der Waals surface area contributed by atoms with E-state index >= 15 is 0 Å². The molecule has 27 heavy (non-hydrogen) atoms. The fourth-order valence-electron chi connectivity index (χ4n) is 2.66. The molecule has 0 atom stereocenters. The first-order valence-electron chi connectivity index (χ1n) is 8.42. The number of anilines is 1. The lowest BCUT2D eigenvalue weighted by molar-refractivity contribution is 0.101. The van der Waals surface area contributed by atoms with Crippen LogP contribution in [0.1, 0.15) is 46.8 Å². The second kappa shape index (κ2) is 6.58. The van der Waals surface area contributed by atoms with Crippen molar-refractivity contribution in [3.05, 3.63) is 46.7 Å². The fourth-order valence-corrected chi connectivity index (χ4v) is 5.23. The molecule has 0 unspecified atom stereocenters. The van der Waals surface area contributed by atoms with Crippen LogP contribution in [0.2, 0.25) is 0 Å². The number of ketones is 1. The highest BCUT2D eigenvalue weighted by Gasteiger charge is 2.30. The van der Waals surface area contributed by atoms with Crippen molar-refractivity contribution in [2.75, 3.05) is 4.72 Å². The molecule has 3 aromatic rings. The van der Waals surface area contributed by atoms with E-state index in [0.717, 1.165) is 12.8 Å². The van der Waals surface area contributed by atoms with Crippen molar-refractivity contribution in [1.82, 2.24) is 10.1 Å². The topological polar surface area (TPSA) is 102 Å². The minimum absolute atomic E-state index is 0.0755. The Morgan fingerprint density at radius 3 is 2.59 bits per heavy atom. The van der Waals surface area contributed by atoms with Crippen LogP contribution < -0.4 is 4.72 Å². The summed E-state index contributed by atoms with van der Waals surface area (Å²) in [7, 11) is -3.77. The molecule has 9 heteroatoms. The molecule has 0 radical (unpaired) electrons. The van der Waals surface area contributed by atoms with Gasteiger partial charge in [-0.1, -0.05) is 5.16 Å². The average Bonchev–Trinajstić information content (AvgIpc) is 3.20. The third-order valence-electron chi connectivity index (χ3n) is 4.29. The molecule has 0 amide bonds. The first kappa shape index (κ1) is 17.9. The van der Waals surface area contributed by atoms with E-state index < -0.39 is 10.0 Å². The lowest BCUT2D eigenvalue weighted by Crippen LogP contribution is -2.13. The molecule has 0 saturated heterocycles. The maximum absolute atomic E-state index is 12.8. The van der Waals surface area contributed by atoms with E-state index in [4.69, 9.17) is 4.52 Å². The maximum Gasteiger partial charge on any atom is 0.263 e. The molecule has 0 spiro atoms. The van der Waals surface area contributed by atoms with Crippen LogP contribution >= 0.6 is 11.3 Å². The molecule has 1 aromatic carbocycles. The minimum atomic E-state index is -3.77. The van der Waals surface area contributed by atoms with Gasteiger partial charge in [0, 0.05) is 22.0 Å². The van der Waals surface area contributed by atoms with Gasteiger partial charge in [-0.15, -0.1) is 11.3 Å². The fraction of sp³-hybridized carbons (Fsp3) is 0.278. The van der Waals surface area contributed by atoms with E-state index in [1.165, 1.54) is 18.3 Å². The number of aromatic nitrogens is 2. The van der Waals surface area contributed by atoms with Gasteiger partial charge in [0.05, 0.1) is 4.88 Å². The lowest BCUT2D eigenvalue weighted by Gasteiger charge is -2.08. The largest absolute Gasteiger partial charge is 0.339 e. The standard InChI is InChI=1S/C18H17N3O4S2/c1-10(22)12-5-7-14(8-6-12)21-27(23,24)16-9-15(26-11(16)2)17-19-18(25-20-17)13-3-4-13/h5-9,13,21H,3-4H2,1-2H3. The molecule has 0 aliphatic heterocycles. The number of nitrogens with zero attached hydrogens (tertiary/aromatic N) is 2. The molecule has 4 rings (SSSR count). The van der Waals surface area contributed by atoms with E-state index in [1.807, 2.05) is 0 Å². The Morgan fingerprint density at radius 2 is 1.96 bits per heavy atom. The van der Waals surface area contributed by atoms with Gasteiger partial charge in [0.2, 0.25) is 11.7 Å². The van der Waals surface area contributed by atoms with Crippen molar-refractivity contribution in [3.63, 3.8) is 0 Å². The number of nitrogens with one attached hydrogen (secondary N) is 1. The second-order valence-corrected chi connectivity index (χ2v) is 9.41. The maximum atomic E-state index is 12.8. The van der Waals surface area contributed by atoms with Gasteiger partial charge in [-0.25, -0.2) is 8.42 Å². The van der Waals surface area contributed by atoms with Crippen LogP contribution in [0.4, 0.5) is 5.69 Å². The van der Waals surface area contributed by atoms with E-state index in [9.17, 15) is 13.2 Å². The van der Waals surface area contributed by atoms with Gasteiger partial charge >= 0.3 is 0 Å². The molecule has 0 bridgehead atoms. The van der Waals surface area contributed by atoms with Crippen molar-refractivity contribution in [1.29, 1.82) is 0 Å². The quantitative estimate of drug-likeness (QED) is 0.625. The molecular formula is C18H17N3O4S2. The zero-order valence-electron chi connectivity index (χ0n) is 14.7. The summed E-state index contributed by atoms with van der Waals surface area (Å²) in [6.07, 6.45) is 2.11. The highest BCUT2D eigenvalue weighted by atomic mass is 32.2. The van der Waals surface area contributed by atoms with E-state index in [1.54, 1.807) is 37.3 Å². The van der Waals surface area contributed by atoms with Gasteiger partial charge in [-0.05, 0) is 57.0 Å². The number of sulfonamides is 1. The Morgan fingerprint density at radius 1 is 1.26 bits per heavy atom. The summed E-state index contributed by atoms with van der Waals surface area (Å²) in [4.78, 5) is 17.2. The number of carbonyl (C=O) groups is 1. The minimum Gasteiger partial charge on any atom is -0.339 e. The van der Waals surface area contributed by atoms with E-state index in [2.05, 4.69) is 14.9 Å². The number of rotatable bonds is 6. The van der Waals surface area contributed by atoms with Crippen LogP contribution in [0.3, 0.4) is 0 Å². The normalized spacial score (nSPS) is 14.3. The highest BCUT2D eigenvalue weighted by molar-refractivity contribution is 7.93. The molecule has 2 aromatic heterocycles. The summed E-state index contributed by atoms with van der Waals surface area (Å²) >= 11 is 1.31. The highest BCUT2D eigenvalue weighted by Crippen LogP contribution is 2.40. The molecule has 140 valence electrons. The zero-order chi connectivity index (χ0) is 19.2.